The quantitative estimate of drug-likeness (QED) is 0.577. The van der Waals surface area contributed by atoms with Gasteiger partial charge < -0.3 is 18.9 Å². The third-order valence-corrected chi connectivity index (χ3v) is 3.20. The first-order valence-corrected chi connectivity index (χ1v) is 7.47. The Hall–Kier alpha value is -2.54. The molecule has 2 rings (SSSR count). The van der Waals surface area contributed by atoms with Gasteiger partial charge in [-0.3, -0.25) is 0 Å². The molecule has 8 heteroatoms. The fourth-order valence-electron chi connectivity index (χ4n) is 1.97. The number of esters is 2. The second-order valence-corrected chi connectivity index (χ2v) is 5.08. The second-order valence-electron chi connectivity index (χ2n) is 4.68. The predicted molar refractivity (Wildman–Crippen MR) is 87.3 cm³/mol. The lowest BCUT2D eigenvalue weighted by Gasteiger charge is -2.13. The molecule has 1 aliphatic rings. The topological polar surface area (TPSA) is 83.4 Å². The normalized spacial score (nSPS) is 15.1. The van der Waals surface area contributed by atoms with Crippen molar-refractivity contribution >= 4 is 35.5 Å². The molecule has 0 spiro atoms. The Labute approximate surface area is 143 Å². The summed E-state index contributed by atoms with van der Waals surface area (Å²) in [6, 6.07) is 3.17. The number of ether oxygens (including phenoxy) is 4. The van der Waals surface area contributed by atoms with E-state index < -0.39 is 11.9 Å². The van der Waals surface area contributed by atoms with Crippen molar-refractivity contribution in [3.63, 3.8) is 0 Å². The monoisotopic (exact) mass is 353 g/mol. The maximum atomic E-state index is 11.6. The van der Waals surface area contributed by atoms with Crippen molar-refractivity contribution in [2.24, 2.45) is 4.99 Å². The summed E-state index contributed by atoms with van der Waals surface area (Å²) in [5.41, 5.74) is 0.733. The summed E-state index contributed by atoms with van der Waals surface area (Å²) in [5, 5.41) is 0.220. The second kappa shape index (κ2) is 7.83. The van der Waals surface area contributed by atoms with Gasteiger partial charge >= 0.3 is 11.9 Å². The molecule has 0 fully saturated rings. The van der Waals surface area contributed by atoms with Crippen LogP contribution in [0.15, 0.2) is 22.8 Å². The molecule has 0 bridgehead atoms. The number of cyclic esters (lactones) is 1. The summed E-state index contributed by atoms with van der Waals surface area (Å²) < 4.78 is 20.2. The molecule has 0 atom stereocenters. The lowest BCUT2D eigenvalue weighted by molar-refractivity contribution is -0.145. The van der Waals surface area contributed by atoms with Crippen LogP contribution < -0.4 is 9.47 Å². The molecule has 0 aliphatic carbocycles. The van der Waals surface area contributed by atoms with E-state index in [2.05, 4.69) is 4.99 Å². The highest BCUT2D eigenvalue weighted by Crippen LogP contribution is 2.37. The molecule has 1 aliphatic heterocycles. The van der Waals surface area contributed by atoms with Crippen LogP contribution in [0.4, 0.5) is 0 Å². The molecule has 1 aromatic rings. The number of nitrogens with zero attached hydrogens (tertiary/aromatic N) is 1. The number of rotatable bonds is 6. The Balaban J connectivity index is 2.25. The maximum Gasteiger partial charge on any atom is 0.363 e. The summed E-state index contributed by atoms with van der Waals surface area (Å²) >= 11 is 6.19. The van der Waals surface area contributed by atoms with Gasteiger partial charge in [0, 0.05) is 6.92 Å². The minimum absolute atomic E-state index is 0.158. The fraction of sp³-hybridized carbons (Fsp3) is 0.312. The molecule has 0 saturated carbocycles. The zero-order chi connectivity index (χ0) is 17.7. The van der Waals surface area contributed by atoms with E-state index in [0.717, 1.165) is 0 Å². The molecule has 0 saturated heterocycles. The summed E-state index contributed by atoms with van der Waals surface area (Å²) in [6.07, 6.45) is 1.52. The number of aliphatic imine (C=N–C) groups is 1. The van der Waals surface area contributed by atoms with Gasteiger partial charge in [-0.05, 0) is 30.7 Å². The lowest BCUT2D eigenvalue weighted by Crippen LogP contribution is -2.15. The van der Waals surface area contributed by atoms with Crippen LogP contribution in [0.5, 0.6) is 11.5 Å². The zero-order valence-electron chi connectivity index (χ0n) is 13.4. The highest BCUT2D eigenvalue weighted by atomic mass is 35.5. The van der Waals surface area contributed by atoms with E-state index in [4.69, 9.17) is 30.5 Å². The fourth-order valence-corrected chi connectivity index (χ4v) is 2.24. The number of halogens is 1. The molecule has 1 aromatic carbocycles. The van der Waals surface area contributed by atoms with Crippen molar-refractivity contribution in [1.29, 1.82) is 0 Å². The van der Waals surface area contributed by atoms with Crippen molar-refractivity contribution in [3.05, 3.63) is 28.4 Å². The predicted octanol–water partition coefficient (Wildman–Crippen LogP) is 2.61. The molecule has 128 valence electrons. The van der Waals surface area contributed by atoms with Crippen molar-refractivity contribution in [2.75, 3.05) is 20.3 Å². The van der Waals surface area contributed by atoms with Gasteiger partial charge in [0.1, 0.15) is 0 Å². The Kier molecular flexibility index (Phi) is 5.81. The van der Waals surface area contributed by atoms with Crippen molar-refractivity contribution in [2.45, 2.75) is 13.8 Å². The van der Waals surface area contributed by atoms with Gasteiger partial charge in [0.25, 0.3) is 0 Å². The third-order valence-electron chi connectivity index (χ3n) is 2.92. The molecular weight excluding hydrogens is 338 g/mol. The van der Waals surface area contributed by atoms with Gasteiger partial charge in [-0.25, -0.2) is 14.6 Å². The molecular formula is C16H16ClNO6. The average Bonchev–Trinajstić information content (AvgIpc) is 2.83. The van der Waals surface area contributed by atoms with Gasteiger partial charge in [-0.2, -0.15) is 0 Å². The largest absolute Gasteiger partial charge is 0.493 e. The molecule has 0 amide bonds. The Morgan fingerprint density at radius 1 is 1.42 bits per heavy atom. The molecule has 0 unspecified atom stereocenters. The maximum absolute atomic E-state index is 11.6. The standard InChI is InChI=1S/C16H16ClNO6/c1-4-22-14(19)8-23-15-11(17)5-10(7-13(15)21-3)6-12-16(20)24-9(2)18-12/h5-7H,4,8H2,1-3H3. The molecule has 24 heavy (non-hydrogen) atoms. The van der Waals surface area contributed by atoms with Crippen LogP contribution in [0.25, 0.3) is 6.08 Å². The van der Waals surface area contributed by atoms with Crippen LogP contribution in [0.2, 0.25) is 5.02 Å². The first-order valence-electron chi connectivity index (χ1n) is 7.09. The zero-order valence-corrected chi connectivity index (χ0v) is 14.2. The molecule has 0 aromatic heterocycles. The van der Waals surface area contributed by atoms with E-state index >= 15 is 0 Å². The van der Waals surface area contributed by atoms with E-state index in [0.29, 0.717) is 11.3 Å². The number of carbonyl (C=O) groups excluding carboxylic acids is 2. The summed E-state index contributed by atoms with van der Waals surface area (Å²) in [7, 11) is 1.44. The van der Waals surface area contributed by atoms with E-state index in [9.17, 15) is 9.59 Å². The van der Waals surface area contributed by atoms with Crippen LogP contribution in [0, 0.1) is 0 Å². The molecule has 0 N–H and O–H groups in total. The first-order chi connectivity index (χ1) is 11.4. The summed E-state index contributed by atoms with van der Waals surface area (Å²) in [5.74, 6) is -0.252. The van der Waals surface area contributed by atoms with E-state index in [-0.39, 0.29) is 35.6 Å². The lowest BCUT2D eigenvalue weighted by atomic mass is 10.1. The highest BCUT2D eigenvalue weighted by Gasteiger charge is 2.20. The number of carbonyl (C=O) groups is 2. The average molecular weight is 354 g/mol. The van der Waals surface area contributed by atoms with Gasteiger partial charge in [0.2, 0.25) is 0 Å². The van der Waals surface area contributed by atoms with E-state index in [1.807, 2.05) is 0 Å². The van der Waals surface area contributed by atoms with Gasteiger partial charge in [-0.15, -0.1) is 0 Å². The van der Waals surface area contributed by atoms with Crippen LogP contribution in [0.1, 0.15) is 19.4 Å². The van der Waals surface area contributed by atoms with Crippen molar-refractivity contribution in [3.8, 4) is 11.5 Å². The number of hydrogen-bond acceptors (Lipinski definition) is 7. The van der Waals surface area contributed by atoms with Crippen LogP contribution in [-0.4, -0.2) is 38.2 Å². The minimum Gasteiger partial charge on any atom is -0.493 e. The summed E-state index contributed by atoms with van der Waals surface area (Å²) in [4.78, 5) is 27.0. The SMILES string of the molecule is CCOC(=O)COc1c(Cl)cc(C=C2N=C(C)OC2=O)cc1OC. The number of methoxy groups -OCH3 is 1. The number of benzene rings is 1. The van der Waals surface area contributed by atoms with Crippen LogP contribution in [-0.2, 0) is 19.1 Å². The van der Waals surface area contributed by atoms with Crippen molar-refractivity contribution < 1.29 is 28.5 Å². The van der Waals surface area contributed by atoms with E-state index in [1.165, 1.54) is 13.2 Å². The van der Waals surface area contributed by atoms with Gasteiger partial charge in [0.15, 0.2) is 29.7 Å². The van der Waals surface area contributed by atoms with Crippen LogP contribution in [0.3, 0.4) is 0 Å². The third kappa shape index (κ3) is 4.26. The smallest absolute Gasteiger partial charge is 0.363 e. The highest BCUT2D eigenvalue weighted by molar-refractivity contribution is 6.32. The van der Waals surface area contributed by atoms with Gasteiger partial charge in [0.05, 0.1) is 18.7 Å². The first kappa shape index (κ1) is 17.8. The van der Waals surface area contributed by atoms with Gasteiger partial charge in [-0.1, -0.05) is 11.6 Å². The van der Waals surface area contributed by atoms with E-state index in [1.54, 1.807) is 26.0 Å². The van der Waals surface area contributed by atoms with Crippen LogP contribution >= 0.6 is 11.6 Å². The summed E-state index contributed by atoms with van der Waals surface area (Å²) in [6.45, 7) is 3.25. The Morgan fingerprint density at radius 3 is 2.75 bits per heavy atom. The molecule has 1 heterocycles. The molecule has 7 nitrogen and oxygen atoms in total. The Morgan fingerprint density at radius 2 is 2.17 bits per heavy atom. The number of hydrogen-bond donors (Lipinski definition) is 0. The Bertz CT molecular complexity index is 726. The van der Waals surface area contributed by atoms with Crippen molar-refractivity contribution in [1.82, 2.24) is 0 Å². The molecule has 0 radical (unpaired) electrons. The minimum atomic E-state index is -0.537.